The van der Waals surface area contributed by atoms with Crippen molar-refractivity contribution in [3.05, 3.63) is 24.3 Å². The van der Waals surface area contributed by atoms with Crippen LogP contribution >= 0.6 is 0 Å². The van der Waals surface area contributed by atoms with Gasteiger partial charge in [0.1, 0.15) is 11.4 Å². The molecule has 0 unspecified atom stereocenters. The quantitative estimate of drug-likeness (QED) is 0.790. The number of ether oxygens (including phenoxy) is 2. The lowest BCUT2D eigenvalue weighted by Crippen LogP contribution is -2.48. The number of benzene rings is 1. The fraction of sp³-hybridized carbons (Fsp3) is 0.650. The van der Waals surface area contributed by atoms with Crippen molar-refractivity contribution in [1.29, 1.82) is 0 Å². The van der Waals surface area contributed by atoms with Crippen LogP contribution in [0.3, 0.4) is 0 Å². The van der Waals surface area contributed by atoms with Crippen LogP contribution in [-0.2, 0) is 9.53 Å². The summed E-state index contributed by atoms with van der Waals surface area (Å²) in [6.45, 7) is 9.63. The Bertz CT molecular complexity index is 522. The van der Waals surface area contributed by atoms with Crippen LogP contribution in [0.2, 0.25) is 0 Å². The van der Waals surface area contributed by atoms with Crippen molar-refractivity contribution in [3.8, 4) is 5.75 Å². The van der Waals surface area contributed by atoms with Gasteiger partial charge in [0.05, 0.1) is 6.61 Å². The molecule has 0 spiro atoms. The number of rotatable bonds is 7. The second kappa shape index (κ2) is 8.52. The van der Waals surface area contributed by atoms with Gasteiger partial charge in [0.25, 0.3) is 5.91 Å². The normalized spacial score (nSPS) is 24.0. The Morgan fingerprint density at radius 1 is 1.33 bits per heavy atom. The van der Waals surface area contributed by atoms with E-state index in [-0.39, 0.29) is 5.91 Å². The van der Waals surface area contributed by atoms with E-state index in [0.29, 0.717) is 25.0 Å². The first-order chi connectivity index (χ1) is 11.4. The maximum absolute atomic E-state index is 12.9. The Balaban J connectivity index is 2.01. The van der Waals surface area contributed by atoms with E-state index >= 15 is 0 Å². The van der Waals surface area contributed by atoms with Crippen molar-refractivity contribution in [1.82, 2.24) is 0 Å². The van der Waals surface area contributed by atoms with Crippen molar-refractivity contribution < 1.29 is 14.3 Å². The van der Waals surface area contributed by atoms with Crippen LogP contribution in [-0.4, -0.2) is 24.7 Å². The summed E-state index contributed by atoms with van der Waals surface area (Å²) in [5, 5.41) is 3.03. The zero-order chi connectivity index (χ0) is 17.6. The average Bonchev–Trinajstić information content (AvgIpc) is 2.54. The molecule has 1 aromatic rings. The molecule has 1 aromatic carbocycles. The van der Waals surface area contributed by atoms with Gasteiger partial charge in [-0.2, -0.15) is 0 Å². The second-order valence-electron chi connectivity index (χ2n) is 7.31. The highest BCUT2D eigenvalue weighted by atomic mass is 16.5. The van der Waals surface area contributed by atoms with Gasteiger partial charge < -0.3 is 14.8 Å². The third kappa shape index (κ3) is 4.97. The fourth-order valence-electron chi connectivity index (χ4n) is 3.32. The van der Waals surface area contributed by atoms with E-state index in [0.717, 1.165) is 30.7 Å². The molecule has 4 heteroatoms. The lowest BCUT2D eigenvalue weighted by Gasteiger charge is -2.38. The molecule has 0 heterocycles. The maximum Gasteiger partial charge on any atom is 0.256 e. The second-order valence-corrected chi connectivity index (χ2v) is 7.31. The molecule has 1 aliphatic carbocycles. The summed E-state index contributed by atoms with van der Waals surface area (Å²) in [6.07, 6.45) is 3.80. The Morgan fingerprint density at radius 2 is 2.04 bits per heavy atom. The van der Waals surface area contributed by atoms with Crippen LogP contribution in [0.1, 0.15) is 53.4 Å². The zero-order valence-electron chi connectivity index (χ0n) is 15.4. The van der Waals surface area contributed by atoms with Gasteiger partial charge >= 0.3 is 0 Å². The molecule has 134 valence electrons. The third-order valence-corrected chi connectivity index (χ3v) is 4.49. The molecule has 1 fully saturated rings. The van der Waals surface area contributed by atoms with Gasteiger partial charge in [0, 0.05) is 12.3 Å². The Labute approximate surface area is 145 Å². The van der Waals surface area contributed by atoms with Gasteiger partial charge in [-0.05, 0) is 62.3 Å². The van der Waals surface area contributed by atoms with E-state index in [1.54, 1.807) is 0 Å². The predicted octanol–water partition coefficient (Wildman–Crippen LogP) is 4.65. The first kappa shape index (κ1) is 18.8. The van der Waals surface area contributed by atoms with E-state index in [1.165, 1.54) is 6.42 Å². The van der Waals surface area contributed by atoms with Crippen LogP contribution in [0, 0.1) is 11.8 Å². The van der Waals surface area contributed by atoms with Crippen LogP contribution in [0.25, 0.3) is 0 Å². The van der Waals surface area contributed by atoms with Crippen molar-refractivity contribution in [2.75, 3.05) is 18.5 Å². The molecular weight excluding hydrogens is 302 g/mol. The molecule has 1 amide bonds. The monoisotopic (exact) mass is 333 g/mol. The molecular formula is C20H31NO3. The number of nitrogens with one attached hydrogen (secondary N) is 1. The van der Waals surface area contributed by atoms with E-state index in [4.69, 9.17) is 9.47 Å². The van der Waals surface area contributed by atoms with Gasteiger partial charge in [-0.3, -0.25) is 4.79 Å². The predicted molar refractivity (Wildman–Crippen MR) is 97.4 cm³/mol. The Hall–Kier alpha value is -1.55. The average molecular weight is 333 g/mol. The lowest BCUT2D eigenvalue weighted by atomic mass is 9.78. The summed E-state index contributed by atoms with van der Waals surface area (Å²) < 4.78 is 11.6. The minimum atomic E-state index is -0.681. The van der Waals surface area contributed by atoms with Gasteiger partial charge in [-0.1, -0.05) is 27.2 Å². The summed E-state index contributed by atoms with van der Waals surface area (Å²) in [7, 11) is 0. The summed E-state index contributed by atoms with van der Waals surface area (Å²) >= 11 is 0. The standard InChI is InChI=1S/C20H31NO3/c1-5-24-20(12-6-7-16(4)13-20)19(22)21-17-8-10-18(11-9-17)23-14-15(2)3/h8-11,15-16H,5-7,12-14H2,1-4H3,(H,21,22)/t16-,20+/m0/s1. The number of hydrogen-bond donors (Lipinski definition) is 1. The third-order valence-electron chi connectivity index (χ3n) is 4.49. The highest BCUT2D eigenvalue weighted by Gasteiger charge is 2.42. The summed E-state index contributed by atoms with van der Waals surface area (Å²) in [4.78, 5) is 12.9. The highest BCUT2D eigenvalue weighted by molar-refractivity contribution is 5.97. The maximum atomic E-state index is 12.9. The minimum absolute atomic E-state index is 0.0215. The molecule has 0 saturated heterocycles. The first-order valence-corrected chi connectivity index (χ1v) is 9.13. The minimum Gasteiger partial charge on any atom is -0.493 e. The lowest BCUT2D eigenvalue weighted by molar-refractivity contribution is -0.147. The van der Waals surface area contributed by atoms with Gasteiger partial charge in [0.2, 0.25) is 0 Å². The van der Waals surface area contributed by atoms with Crippen molar-refractivity contribution in [3.63, 3.8) is 0 Å². The van der Waals surface area contributed by atoms with E-state index in [2.05, 4.69) is 26.1 Å². The topological polar surface area (TPSA) is 47.6 Å². The molecule has 1 saturated carbocycles. The number of amides is 1. The number of hydrogen-bond acceptors (Lipinski definition) is 3. The SMILES string of the molecule is CCO[C@]1(C(=O)Nc2ccc(OCC(C)C)cc2)CCC[C@H](C)C1. The van der Waals surface area contributed by atoms with E-state index < -0.39 is 5.60 Å². The number of anilines is 1. The molecule has 0 bridgehead atoms. The molecule has 1 aliphatic rings. The van der Waals surface area contributed by atoms with E-state index in [1.807, 2.05) is 31.2 Å². The summed E-state index contributed by atoms with van der Waals surface area (Å²) in [5.74, 6) is 1.81. The number of carbonyl (C=O) groups excluding carboxylic acids is 1. The van der Waals surface area contributed by atoms with Gasteiger partial charge in [0.15, 0.2) is 0 Å². The Kier molecular flexibility index (Phi) is 6.67. The first-order valence-electron chi connectivity index (χ1n) is 9.13. The molecule has 2 rings (SSSR count). The summed E-state index contributed by atoms with van der Waals surface area (Å²) in [6, 6.07) is 7.57. The Morgan fingerprint density at radius 3 is 2.62 bits per heavy atom. The van der Waals surface area contributed by atoms with Gasteiger partial charge in [-0.15, -0.1) is 0 Å². The zero-order valence-corrected chi connectivity index (χ0v) is 15.4. The smallest absolute Gasteiger partial charge is 0.256 e. The van der Waals surface area contributed by atoms with Crippen molar-refractivity contribution >= 4 is 11.6 Å². The largest absolute Gasteiger partial charge is 0.493 e. The fourth-order valence-corrected chi connectivity index (χ4v) is 3.32. The van der Waals surface area contributed by atoms with Crippen molar-refractivity contribution in [2.45, 2.75) is 59.0 Å². The van der Waals surface area contributed by atoms with Crippen LogP contribution in [0.15, 0.2) is 24.3 Å². The summed E-state index contributed by atoms with van der Waals surface area (Å²) in [5.41, 5.74) is 0.105. The van der Waals surface area contributed by atoms with Crippen LogP contribution < -0.4 is 10.1 Å². The molecule has 24 heavy (non-hydrogen) atoms. The molecule has 0 radical (unpaired) electrons. The highest BCUT2D eigenvalue weighted by Crippen LogP contribution is 2.36. The van der Waals surface area contributed by atoms with E-state index in [9.17, 15) is 4.79 Å². The molecule has 1 N–H and O–H groups in total. The van der Waals surface area contributed by atoms with Crippen LogP contribution in [0.4, 0.5) is 5.69 Å². The molecule has 2 atom stereocenters. The molecule has 0 aromatic heterocycles. The number of carbonyl (C=O) groups is 1. The van der Waals surface area contributed by atoms with Crippen LogP contribution in [0.5, 0.6) is 5.75 Å². The van der Waals surface area contributed by atoms with Crippen molar-refractivity contribution in [2.24, 2.45) is 11.8 Å². The molecule has 0 aliphatic heterocycles. The van der Waals surface area contributed by atoms with Gasteiger partial charge in [-0.25, -0.2) is 0 Å². The molecule has 4 nitrogen and oxygen atoms in total.